The third kappa shape index (κ3) is 2.91. The monoisotopic (exact) mass is 405 g/mol. The molecule has 0 aliphatic carbocycles. The van der Waals surface area contributed by atoms with Crippen LogP contribution < -0.4 is 0 Å². The van der Waals surface area contributed by atoms with Crippen LogP contribution in [0.25, 0.3) is 11.4 Å². The van der Waals surface area contributed by atoms with Gasteiger partial charge in [-0.15, -0.1) is 5.10 Å². The minimum absolute atomic E-state index is 0.366. The molecule has 0 spiro atoms. The molecule has 3 aromatic rings. The van der Waals surface area contributed by atoms with Gasteiger partial charge in [-0.05, 0) is 35.9 Å². The Morgan fingerprint density at radius 2 is 2.00 bits per heavy atom. The summed E-state index contributed by atoms with van der Waals surface area (Å²) >= 11 is 6.97. The Kier molecular flexibility index (Phi) is 3.90. The molecule has 5 nitrogen and oxygen atoms in total. The molecule has 0 radical (unpaired) electrons. The maximum atomic E-state index is 9.08. The summed E-state index contributed by atoms with van der Waals surface area (Å²) < 4.78 is 4.06. The van der Waals surface area contributed by atoms with E-state index in [2.05, 4.69) is 65.5 Å². The number of benzene rings is 1. The number of hydrogen-bond acceptors (Lipinski definition) is 3. The maximum Gasteiger partial charge on any atom is 0.165 e. The van der Waals surface area contributed by atoms with Crippen molar-refractivity contribution in [2.24, 2.45) is 0 Å². The van der Waals surface area contributed by atoms with Gasteiger partial charge in [-0.1, -0.05) is 37.1 Å². The van der Waals surface area contributed by atoms with Crippen molar-refractivity contribution in [1.29, 1.82) is 5.26 Å². The van der Waals surface area contributed by atoms with E-state index >= 15 is 0 Å². The summed E-state index contributed by atoms with van der Waals surface area (Å²) in [5, 5.41) is 19.4. The summed E-state index contributed by atoms with van der Waals surface area (Å²) in [6.07, 6.45) is 1.96. The first-order chi connectivity index (χ1) is 10.2. The zero-order valence-electron chi connectivity index (χ0n) is 10.7. The highest BCUT2D eigenvalue weighted by Crippen LogP contribution is 2.24. The molecule has 2 aromatic heterocycles. The standard InChI is InChI=1S/C14H9Br2N5/c15-10-4-9(5-11(16)6-10)8-21-3-1-2-13(21)14-12(7-17)18-20-19-14/h1-6H,8H2,(H,18,19,20). The van der Waals surface area contributed by atoms with Crippen molar-refractivity contribution in [2.75, 3.05) is 0 Å². The number of halogens is 2. The fraction of sp³-hybridized carbons (Fsp3) is 0.0714. The van der Waals surface area contributed by atoms with Gasteiger partial charge in [-0.3, -0.25) is 0 Å². The van der Waals surface area contributed by atoms with Crippen LogP contribution in [0.1, 0.15) is 11.3 Å². The molecule has 1 aromatic carbocycles. The molecule has 0 fully saturated rings. The fourth-order valence-electron chi connectivity index (χ4n) is 2.15. The molecular formula is C14H9Br2N5. The first kappa shape index (κ1) is 14.0. The van der Waals surface area contributed by atoms with Crippen molar-refractivity contribution in [1.82, 2.24) is 20.0 Å². The van der Waals surface area contributed by atoms with E-state index in [1.54, 1.807) is 0 Å². The second-order valence-corrected chi connectivity index (χ2v) is 6.28. The average Bonchev–Trinajstić information content (AvgIpc) is 3.04. The Labute approximate surface area is 137 Å². The van der Waals surface area contributed by atoms with Crippen molar-refractivity contribution in [3.63, 3.8) is 0 Å². The molecule has 0 aliphatic rings. The van der Waals surface area contributed by atoms with Gasteiger partial charge in [0.15, 0.2) is 5.69 Å². The molecule has 1 N–H and O–H groups in total. The third-order valence-corrected chi connectivity index (χ3v) is 3.92. The van der Waals surface area contributed by atoms with Gasteiger partial charge in [-0.25, -0.2) is 5.10 Å². The summed E-state index contributed by atoms with van der Waals surface area (Å²) in [7, 11) is 0. The first-order valence-electron chi connectivity index (χ1n) is 6.09. The van der Waals surface area contributed by atoms with Crippen LogP contribution in [-0.4, -0.2) is 20.0 Å². The third-order valence-electron chi connectivity index (χ3n) is 3.01. The Hall–Kier alpha value is -1.91. The van der Waals surface area contributed by atoms with E-state index in [4.69, 9.17) is 5.26 Å². The molecule has 2 heterocycles. The molecule has 0 atom stereocenters. The van der Waals surface area contributed by atoms with Crippen molar-refractivity contribution in [2.45, 2.75) is 6.54 Å². The van der Waals surface area contributed by atoms with Gasteiger partial charge in [0, 0.05) is 21.7 Å². The zero-order chi connectivity index (χ0) is 14.8. The van der Waals surface area contributed by atoms with Gasteiger partial charge in [0.25, 0.3) is 0 Å². The lowest BCUT2D eigenvalue weighted by Gasteiger charge is -2.09. The van der Waals surface area contributed by atoms with Crippen molar-refractivity contribution >= 4 is 31.9 Å². The first-order valence-corrected chi connectivity index (χ1v) is 7.67. The second-order valence-electron chi connectivity index (χ2n) is 4.45. The number of aromatic nitrogens is 4. The Morgan fingerprint density at radius 3 is 2.71 bits per heavy atom. The number of H-pyrrole nitrogens is 1. The highest BCUT2D eigenvalue weighted by Gasteiger charge is 2.13. The van der Waals surface area contributed by atoms with E-state index in [0.29, 0.717) is 17.9 Å². The predicted octanol–water partition coefficient (Wildman–Crippen LogP) is 3.72. The minimum atomic E-state index is 0.366. The predicted molar refractivity (Wildman–Crippen MR) is 85.5 cm³/mol. The number of rotatable bonds is 3. The van der Waals surface area contributed by atoms with Crippen molar-refractivity contribution < 1.29 is 0 Å². The van der Waals surface area contributed by atoms with Crippen LogP contribution >= 0.6 is 31.9 Å². The molecule has 21 heavy (non-hydrogen) atoms. The van der Waals surface area contributed by atoms with Gasteiger partial charge >= 0.3 is 0 Å². The lowest BCUT2D eigenvalue weighted by atomic mass is 10.2. The second kappa shape index (κ2) is 5.84. The Balaban J connectivity index is 1.98. The summed E-state index contributed by atoms with van der Waals surface area (Å²) in [5.41, 5.74) is 2.93. The van der Waals surface area contributed by atoms with Crippen LogP contribution in [0.2, 0.25) is 0 Å². The van der Waals surface area contributed by atoms with Crippen LogP contribution in [0.15, 0.2) is 45.5 Å². The van der Waals surface area contributed by atoms with E-state index in [1.807, 2.05) is 29.0 Å². The molecule has 0 aliphatic heterocycles. The van der Waals surface area contributed by atoms with E-state index in [9.17, 15) is 0 Å². The van der Waals surface area contributed by atoms with Crippen LogP contribution in [0.5, 0.6) is 0 Å². The molecule has 0 unspecified atom stereocenters. The van der Waals surface area contributed by atoms with Gasteiger partial charge in [0.05, 0.1) is 5.69 Å². The normalized spacial score (nSPS) is 10.5. The summed E-state index contributed by atoms with van der Waals surface area (Å²) in [5.74, 6) is 0. The highest BCUT2D eigenvalue weighted by molar-refractivity contribution is 9.11. The van der Waals surface area contributed by atoms with Gasteiger partial charge < -0.3 is 4.57 Å². The lowest BCUT2D eigenvalue weighted by Crippen LogP contribution is -2.01. The summed E-state index contributed by atoms with van der Waals surface area (Å²) in [6.45, 7) is 0.679. The SMILES string of the molecule is N#Cc1[nH]nnc1-c1cccn1Cc1cc(Br)cc(Br)c1. The smallest absolute Gasteiger partial charge is 0.165 e. The average molecular weight is 407 g/mol. The minimum Gasteiger partial charge on any atom is -0.342 e. The van der Waals surface area contributed by atoms with Crippen molar-refractivity contribution in [3.05, 3.63) is 56.7 Å². The van der Waals surface area contributed by atoms with E-state index in [0.717, 1.165) is 20.2 Å². The van der Waals surface area contributed by atoms with Crippen LogP contribution in [-0.2, 0) is 6.54 Å². The summed E-state index contributed by atoms with van der Waals surface area (Å²) in [6, 6.07) is 12.0. The van der Waals surface area contributed by atoms with E-state index in [-0.39, 0.29) is 0 Å². The Bertz CT molecular complexity index is 808. The largest absolute Gasteiger partial charge is 0.342 e. The number of aromatic amines is 1. The number of nitriles is 1. The van der Waals surface area contributed by atoms with E-state index in [1.165, 1.54) is 0 Å². The Morgan fingerprint density at radius 1 is 1.24 bits per heavy atom. The molecule has 0 amide bonds. The van der Waals surface area contributed by atoms with Gasteiger partial charge in [0.2, 0.25) is 0 Å². The number of hydrogen-bond donors (Lipinski definition) is 1. The number of nitrogens with one attached hydrogen (secondary N) is 1. The van der Waals surface area contributed by atoms with Crippen LogP contribution in [0, 0.1) is 11.3 Å². The lowest BCUT2D eigenvalue weighted by molar-refractivity contribution is 0.808. The molecular weight excluding hydrogens is 398 g/mol. The molecule has 104 valence electrons. The zero-order valence-corrected chi connectivity index (χ0v) is 13.9. The quantitative estimate of drug-likeness (QED) is 0.720. The highest BCUT2D eigenvalue weighted by atomic mass is 79.9. The summed E-state index contributed by atoms with van der Waals surface area (Å²) in [4.78, 5) is 0. The fourth-order valence-corrected chi connectivity index (χ4v) is 3.54. The topological polar surface area (TPSA) is 70.3 Å². The molecule has 0 saturated heterocycles. The molecule has 3 rings (SSSR count). The van der Waals surface area contributed by atoms with Crippen LogP contribution in [0.4, 0.5) is 0 Å². The van der Waals surface area contributed by atoms with Crippen LogP contribution in [0.3, 0.4) is 0 Å². The molecule has 7 heteroatoms. The van der Waals surface area contributed by atoms with E-state index < -0.39 is 0 Å². The van der Waals surface area contributed by atoms with Crippen molar-refractivity contribution in [3.8, 4) is 17.5 Å². The number of nitrogens with zero attached hydrogens (tertiary/aromatic N) is 4. The van der Waals surface area contributed by atoms with Gasteiger partial charge in [-0.2, -0.15) is 5.26 Å². The molecule has 0 bridgehead atoms. The maximum absolute atomic E-state index is 9.08. The molecule has 0 saturated carbocycles. The van der Waals surface area contributed by atoms with Gasteiger partial charge in [0.1, 0.15) is 11.8 Å².